The Kier molecular flexibility index (Phi) is 10.3. The van der Waals surface area contributed by atoms with E-state index >= 15 is 0 Å². The van der Waals surface area contributed by atoms with E-state index in [2.05, 4.69) is 27.2 Å². The summed E-state index contributed by atoms with van der Waals surface area (Å²) in [6.07, 6.45) is -10.1. The Morgan fingerprint density at radius 1 is 0.783 bits per heavy atom. The lowest BCUT2D eigenvalue weighted by atomic mass is 9.83. The maximum Gasteiger partial charge on any atom is 0.788 e. The van der Waals surface area contributed by atoms with Gasteiger partial charge in [-0.1, -0.05) is 17.7 Å². The van der Waals surface area contributed by atoms with Crippen molar-refractivity contribution in [3.63, 3.8) is 0 Å². The van der Waals surface area contributed by atoms with E-state index < -0.39 is 48.1 Å². The van der Waals surface area contributed by atoms with Crippen molar-refractivity contribution in [2.75, 3.05) is 27.7 Å². The Balaban J connectivity index is 0.000000409. The Morgan fingerprint density at radius 2 is 1.30 bits per heavy atom. The largest absolute Gasteiger partial charge is 0.788 e. The second kappa shape index (κ2) is 13.4. The van der Waals surface area contributed by atoms with E-state index in [4.69, 9.17) is 14.0 Å². The fourth-order valence-electron chi connectivity index (χ4n) is 5.98. The monoisotopic (exact) mass is 661 g/mol. The van der Waals surface area contributed by atoms with Crippen molar-refractivity contribution >= 4 is 7.32 Å². The van der Waals surface area contributed by atoms with Crippen LogP contribution in [0.25, 0.3) is 0 Å². The third kappa shape index (κ3) is 9.57. The highest BCUT2D eigenvalue weighted by Gasteiger charge is 2.57. The van der Waals surface area contributed by atoms with Gasteiger partial charge in [-0.25, -0.2) is 0 Å². The molecule has 0 radical (unpaired) electrons. The summed E-state index contributed by atoms with van der Waals surface area (Å²) in [6, 6.07) is 15.5. The van der Waals surface area contributed by atoms with Crippen LogP contribution in [0.4, 0.5) is 39.5 Å². The van der Waals surface area contributed by atoms with Crippen LogP contribution in [0, 0.1) is 17.9 Å². The summed E-state index contributed by atoms with van der Waals surface area (Å²) in [5.41, 5.74) is -3.12. The molecule has 4 nitrogen and oxygen atoms in total. The van der Waals surface area contributed by atoms with Crippen molar-refractivity contribution < 1.29 is 58.0 Å². The van der Waals surface area contributed by atoms with E-state index in [1.54, 1.807) is 0 Å². The van der Waals surface area contributed by atoms with Gasteiger partial charge in [-0.05, 0) is 68.0 Å². The molecule has 14 heteroatoms. The predicted molar refractivity (Wildman–Crippen MR) is 152 cm³/mol. The highest BCUT2D eigenvalue weighted by molar-refractivity contribution is 6.38. The van der Waals surface area contributed by atoms with E-state index in [1.165, 1.54) is 36.4 Å². The number of hydrogen-bond acceptors (Lipinski definition) is 3. The number of hydrogen-bond donors (Lipinski definition) is 0. The van der Waals surface area contributed by atoms with Crippen LogP contribution in [-0.2, 0) is 23.2 Å². The Morgan fingerprint density at radius 3 is 1.72 bits per heavy atom. The molecule has 2 aliphatic rings. The van der Waals surface area contributed by atoms with Gasteiger partial charge in [0.05, 0.1) is 44.4 Å². The number of halogens is 9. The molecule has 2 bridgehead atoms. The summed E-state index contributed by atoms with van der Waals surface area (Å²) < 4.78 is 133. The molecule has 0 aromatic heterocycles. The van der Waals surface area contributed by atoms with E-state index in [1.807, 2.05) is 0 Å². The molecule has 0 spiro atoms. The molecule has 2 aliphatic carbocycles. The number of alkyl halides is 9. The zero-order valence-corrected chi connectivity index (χ0v) is 25.3. The van der Waals surface area contributed by atoms with Crippen molar-refractivity contribution in [3.8, 4) is 11.5 Å². The van der Waals surface area contributed by atoms with E-state index in [-0.39, 0.29) is 17.4 Å². The van der Waals surface area contributed by atoms with Crippen molar-refractivity contribution in [2.24, 2.45) is 11.8 Å². The van der Waals surface area contributed by atoms with Crippen LogP contribution in [-0.4, -0.2) is 45.1 Å². The minimum atomic E-state index is -4.59. The van der Waals surface area contributed by atoms with E-state index in [0.717, 1.165) is 68.6 Å². The second-order valence-electron chi connectivity index (χ2n) is 12.6. The zero-order valence-electron chi connectivity index (χ0n) is 25.3. The summed E-state index contributed by atoms with van der Waals surface area (Å²) in [6.45, 7) is 0.802. The summed E-state index contributed by atoms with van der Waals surface area (Å²) in [5.74, 6) is 0.279. The van der Waals surface area contributed by atoms with Crippen LogP contribution in [0.5, 0.6) is 11.5 Å². The zero-order chi connectivity index (χ0) is 34.0. The van der Waals surface area contributed by atoms with E-state index in [9.17, 15) is 39.5 Å². The molecular formula is C32H33BF9NO3. The fraction of sp³-hybridized carbons (Fsp3) is 0.438. The number of nitrogens with zero attached hydrogens (tertiary/aromatic N) is 1. The molecule has 5 rings (SSSR count). The first kappa shape index (κ1) is 35.5. The molecule has 2 fully saturated rings. The summed E-state index contributed by atoms with van der Waals surface area (Å²) in [4.78, 5) is 0. The van der Waals surface area contributed by atoms with Gasteiger partial charge >= 0.3 is 25.9 Å². The lowest BCUT2D eigenvalue weighted by Gasteiger charge is -2.39. The number of benzene rings is 3. The van der Waals surface area contributed by atoms with Gasteiger partial charge in [-0.2, -0.15) is 69.8 Å². The van der Waals surface area contributed by atoms with Gasteiger partial charge in [0.15, 0.2) is 0 Å². The van der Waals surface area contributed by atoms with Gasteiger partial charge in [0.25, 0.3) is 0 Å². The van der Waals surface area contributed by atoms with Gasteiger partial charge < -0.3 is 18.4 Å². The lowest BCUT2D eigenvalue weighted by Crippen LogP contribution is -2.51. The third-order valence-electron chi connectivity index (χ3n) is 7.89. The highest BCUT2D eigenvalue weighted by Crippen LogP contribution is 2.54. The van der Waals surface area contributed by atoms with Crippen molar-refractivity contribution in [1.82, 2.24) is 0 Å². The Labute approximate surface area is 261 Å². The predicted octanol–water partition coefficient (Wildman–Crippen LogP) is 8.95. The number of fused-ring (bicyclic) bond motifs is 2. The van der Waals surface area contributed by atoms with E-state index in [0.29, 0.717) is 10.4 Å². The molecule has 2 saturated carbocycles. The first-order valence-electron chi connectivity index (χ1n) is 14.4. The molecule has 46 heavy (non-hydrogen) atoms. The first-order valence-corrected chi connectivity index (χ1v) is 14.4. The van der Waals surface area contributed by atoms with Crippen molar-refractivity contribution in [3.05, 3.63) is 95.6 Å². The van der Waals surface area contributed by atoms with Gasteiger partial charge in [-0.15, -0.1) is 0 Å². The van der Waals surface area contributed by atoms with Gasteiger partial charge in [0.1, 0.15) is 11.5 Å². The SMILES string of the molecule is C[N+](C)(C)CC1CC2CCC1(OB(Oc1cccc(C(F)(F)F)c1)Oc1cccc(C(F)(F)F)c1)C2.FC(F)(F)c1c[c-]ccc1. The minimum Gasteiger partial charge on any atom is -0.501 e. The van der Waals surface area contributed by atoms with Crippen molar-refractivity contribution in [1.29, 1.82) is 0 Å². The average Bonchev–Trinajstić information content (AvgIpc) is 3.49. The number of rotatable bonds is 8. The topological polar surface area (TPSA) is 27.7 Å². The molecule has 0 saturated heterocycles. The van der Waals surface area contributed by atoms with Crippen LogP contribution in [0.1, 0.15) is 42.4 Å². The molecule has 3 atom stereocenters. The normalized spacial score (nSPS) is 21.4. The maximum atomic E-state index is 13.2. The molecule has 250 valence electrons. The maximum absolute atomic E-state index is 13.2. The fourth-order valence-corrected chi connectivity index (χ4v) is 5.98. The number of quaternary nitrogens is 1. The van der Waals surface area contributed by atoms with Crippen LogP contribution in [0.3, 0.4) is 0 Å². The van der Waals surface area contributed by atoms with Crippen LogP contribution in [0.2, 0.25) is 0 Å². The molecule has 0 amide bonds. The standard InChI is InChI=1S/C25H29BF6NO3.C7H4F3/c1-33(2,3)16-20-12-17-10-11-23(20,15-17)36-26(34-21-8-4-6-18(13-21)24(27,28)29)35-22-9-5-7-19(14-22)25(30,31)32;8-7(9,10)6-4-2-1-3-5-6/h4-9,13-14,17,20H,10-12,15-16H2,1-3H3;1-2,4-5H/q+1;-1. The molecule has 0 aliphatic heterocycles. The van der Waals surface area contributed by atoms with Gasteiger partial charge in [0, 0.05) is 5.92 Å². The Hall–Kier alpha value is -3.39. The molecular weight excluding hydrogens is 628 g/mol. The smallest absolute Gasteiger partial charge is 0.501 e. The highest BCUT2D eigenvalue weighted by atomic mass is 19.4. The molecule has 3 aromatic rings. The Bertz CT molecular complexity index is 1380. The first-order chi connectivity index (χ1) is 21.2. The van der Waals surface area contributed by atoms with Crippen LogP contribution >= 0.6 is 0 Å². The minimum absolute atomic E-state index is 0.147. The molecule has 0 N–H and O–H groups in total. The molecule has 3 unspecified atom stereocenters. The molecule has 0 heterocycles. The molecule has 3 aromatic carbocycles. The third-order valence-corrected chi connectivity index (χ3v) is 7.89. The van der Waals surface area contributed by atoms with Crippen molar-refractivity contribution in [2.45, 2.75) is 49.8 Å². The van der Waals surface area contributed by atoms with Gasteiger partial charge in [-0.3, -0.25) is 0 Å². The lowest BCUT2D eigenvalue weighted by molar-refractivity contribution is -0.874. The summed E-state index contributed by atoms with van der Waals surface area (Å²) >= 11 is 0. The second-order valence-corrected chi connectivity index (χ2v) is 12.6. The van der Waals surface area contributed by atoms with Crippen LogP contribution in [0.15, 0.2) is 72.8 Å². The summed E-state index contributed by atoms with van der Waals surface area (Å²) in [5, 5.41) is 0. The quantitative estimate of drug-likeness (QED) is 0.105. The average molecular weight is 661 g/mol. The summed E-state index contributed by atoms with van der Waals surface area (Å²) in [7, 11) is 4.66. The van der Waals surface area contributed by atoms with Crippen LogP contribution < -0.4 is 9.31 Å². The van der Waals surface area contributed by atoms with Gasteiger partial charge in [0.2, 0.25) is 0 Å².